The molecule has 9 heteroatoms. The van der Waals surface area contributed by atoms with Crippen molar-refractivity contribution in [2.75, 3.05) is 11.5 Å². The molecule has 107 valence electrons. The molecular weight excluding hydrogens is 304 g/mol. The molecule has 2 aromatic rings. The van der Waals surface area contributed by atoms with Gasteiger partial charge < -0.3 is 11.5 Å². The molecule has 0 aromatic heterocycles. The maximum atomic E-state index is 12.7. The fraction of sp³-hybridized carbons (Fsp3) is 0. The minimum atomic E-state index is -0.627. The van der Waals surface area contributed by atoms with Crippen LogP contribution in [0.3, 0.4) is 0 Å². The Morgan fingerprint density at radius 3 is 1.82 bits per heavy atom. The lowest BCUT2D eigenvalue weighted by Crippen LogP contribution is -1.89. The van der Waals surface area contributed by atoms with E-state index in [-0.39, 0.29) is 22.1 Å². The van der Waals surface area contributed by atoms with Crippen molar-refractivity contribution in [1.29, 1.82) is 0 Å². The van der Waals surface area contributed by atoms with Crippen LogP contribution < -0.4 is 11.5 Å². The zero-order valence-electron chi connectivity index (χ0n) is 11.4. The van der Waals surface area contributed by atoms with Crippen LogP contribution in [0.15, 0.2) is 36.4 Å². The molecule has 0 saturated heterocycles. The van der Waals surface area contributed by atoms with Crippen molar-refractivity contribution in [3.05, 3.63) is 64.5 Å². The van der Waals surface area contributed by atoms with E-state index in [9.17, 15) is 8.78 Å². The first kappa shape index (κ1) is 19.9. The normalized spacial score (nSPS) is 8.45. The standard InChI is InChI=1S/C7H5FN2.C6H5ClFN.B3/c1-10-6-4-2-3-5(9)7(6)8;7-4-2-1-3-5(9)6(4)8;1-3-2/h2-4H,9H2;1-3H,9H2;. The largest absolute Gasteiger partial charge is 0.397 e. The number of halogens is 3. The first-order chi connectivity index (χ1) is 10.4. The molecule has 0 bridgehead atoms. The van der Waals surface area contributed by atoms with Gasteiger partial charge in [-0.3, -0.25) is 0 Å². The molecule has 22 heavy (non-hydrogen) atoms. The van der Waals surface area contributed by atoms with Gasteiger partial charge in [-0.05, 0) is 18.2 Å². The first-order valence-electron chi connectivity index (χ1n) is 5.75. The Bertz CT molecular complexity index is 631. The minimum absolute atomic E-state index is 0.0218. The van der Waals surface area contributed by atoms with Crippen molar-refractivity contribution < 1.29 is 8.78 Å². The molecule has 4 N–H and O–H groups in total. The van der Waals surface area contributed by atoms with Crippen LogP contribution in [0.2, 0.25) is 5.02 Å². The van der Waals surface area contributed by atoms with Crippen LogP contribution in [0, 0.1) is 18.2 Å². The lowest BCUT2D eigenvalue weighted by molar-refractivity contribution is 0.633. The van der Waals surface area contributed by atoms with Gasteiger partial charge in [0.25, 0.3) is 0 Å². The summed E-state index contributed by atoms with van der Waals surface area (Å²) in [4.78, 5) is 2.93. The fourth-order valence-electron chi connectivity index (χ4n) is 1.14. The van der Waals surface area contributed by atoms with Crippen LogP contribution >= 0.6 is 11.6 Å². The lowest BCUT2D eigenvalue weighted by Gasteiger charge is -1.95. The molecule has 3 nitrogen and oxygen atoms in total. The van der Waals surface area contributed by atoms with Gasteiger partial charge in [-0.25, -0.2) is 13.6 Å². The van der Waals surface area contributed by atoms with Gasteiger partial charge in [0, 0.05) is 22.5 Å². The maximum Gasteiger partial charge on any atom is 0.224 e. The highest BCUT2D eigenvalue weighted by atomic mass is 35.5. The average Bonchev–Trinajstić information content (AvgIpc) is 2.49. The summed E-state index contributed by atoms with van der Waals surface area (Å²) in [6.07, 6.45) is 0. The predicted molar refractivity (Wildman–Crippen MR) is 90.2 cm³/mol. The maximum absolute atomic E-state index is 12.7. The zero-order valence-corrected chi connectivity index (χ0v) is 12.2. The van der Waals surface area contributed by atoms with E-state index in [1.54, 1.807) is 12.1 Å². The molecule has 0 amide bonds. The summed E-state index contributed by atoms with van der Waals surface area (Å²) in [6, 6.07) is 8.86. The molecule has 0 fully saturated rings. The van der Waals surface area contributed by atoms with Crippen LogP contribution in [0.4, 0.5) is 25.8 Å². The molecule has 0 saturated carbocycles. The summed E-state index contributed by atoms with van der Waals surface area (Å²) in [5.41, 5.74) is 10.4. The van der Waals surface area contributed by atoms with Crippen LogP contribution in [-0.2, 0) is 0 Å². The van der Waals surface area contributed by atoms with Crippen LogP contribution in [-0.4, -0.2) is 22.5 Å². The van der Waals surface area contributed by atoms with Crippen molar-refractivity contribution in [1.82, 2.24) is 0 Å². The van der Waals surface area contributed by atoms with Crippen molar-refractivity contribution >= 4 is 51.2 Å². The second kappa shape index (κ2) is 10.6. The van der Waals surface area contributed by atoms with Gasteiger partial charge >= 0.3 is 0 Å². The Balaban J connectivity index is 0.000000342. The van der Waals surface area contributed by atoms with E-state index in [1.807, 2.05) is 0 Å². The number of nitrogen functional groups attached to an aromatic ring is 2. The number of rotatable bonds is 0. The number of nitrogens with two attached hydrogens (primary N) is 2. The van der Waals surface area contributed by atoms with Gasteiger partial charge in [-0.1, -0.05) is 29.8 Å². The van der Waals surface area contributed by atoms with Crippen LogP contribution in [0.1, 0.15) is 0 Å². The van der Waals surface area contributed by atoms with Gasteiger partial charge in [0.1, 0.15) is 0 Å². The van der Waals surface area contributed by atoms with E-state index < -0.39 is 11.6 Å². The summed E-state index contributed by atoms with van der Waals surface area (Å²) in [5.74, 6) is -1.17. The number of benzene rings is 2. The molecule has 0 heterocycles. The van der Waals surface area contributed by atoms with Gasteiger partial charge in [0.2, 0.25) is 5.69 Å². The fourth-order valence-corrected chi connectivity index (χ4v) is 1.33. The SMILES string of the molecule is Nc1cccc(Cl)c1F.[B][B][B].[C-]#[N+]c1cccc(N)c1F. The molecule has 5 radical (unpaired) electrons. The highest BCUT2D eigenvalue weighted by Crippen LogP contribution is 2.21. The molecular formula is C13H10B3ClF2N3. The third kappa shape index (κ3) is 6.55. The number of anilines is 2. The number of hydrogen-bond acceptors (Lipinski definition) is 2. The molecule has 2 aromatic carbocycles. The Labute approximate surface area is 136 Å². The number of nitrogens with zero attached hydrogens (tertiary/aromatic N) is 1. The third-order valence-electron chi connectivity index (χ3n) is 2.11. The highest BCUT2D eigenvalue weighted by Gasteiger charge is 2.02. The van der Waals surface area contributed by atoms with Gasteiger partial charge in [-0.15, -0.1) is 0 Å². The first-order valence-corrected chi connectivity index (χ1v) is 6.12. The summed E-state index contributed by atoms with van der Waals surface area (Å²) in [6.45, 7) is 6.51. The summed E-state index contributed by atoms with van der Waals surface area (Å²) in [7, 11) is 10.0. The average molecular weight is 314 g/mol. The van der Waals surface area contributed by atoms with E-state index in [0.29, 0.717) is 0 Å². The summed E-state index contributed by atoms with van der Waals surface area (Å²) in [5, 5.41) is 0.0648. The third-order valence-corrected chi connectivity index (χ3v) is 2.40. The van der Waals surface area contributed by atoms with Crippen LogP contribution in [0.25, 0.3) is 4.85 Å². The molecule has 0 aliphatic carbocycles. The highest BCUT2D eigenvalue weighted by molar-refractivity contribution is 7.17. The molecule has 0 aliphatic heterocycles. The molecule has 0 unspecified atom stereocenters. The van der Waals surface area contributed by atoms with Crippen molar-refractivity contribution in [2.45, 2.75) is 0 Å². The van der Waals surface area contributed by atoms with Crippen molar-refractivity contribution in [3.63, 3.8) is 0 Å². The Morgan fingerprint density at radius 1 is 1.00 bits per heavy atom. The smallest absolute Gasteiger partial charge is 0.224 e. The second-order valence-electron chi connectivity index (χ2n) is 3.63. The van der Waals surface area contributed by atoms with Gasteiger partial charge in [0.05, 0.1) is 23.0 Å². The van der Waals surface area contributed by atoms with E-state index in [4.69, 9.17) is 29.6 Å². The minimum Gasteiger partial charge on any atom is -0.397 e. The zero-order chi connectivity index (χ0) is 17.1. The van der Waals surface area contributed by atoms with Gasteiger partial charge in [-0.2, -0.15) is 0 Å². The van der Waals surface area contributed by atoms with Crippen LogP contribution in [0.5, 0.6) is 0 Å². The monoisotopic (exact) mass is 314 g/mol. The Kier molecular flexibility index (Phi) is 9.56. The molecule has 0 spiro atoms. The molecule has 0 aliphatic rings. The Hall–Kier alpha value is -2.13. The number of hydrogen-bond donors (Lipinski definition) is 2. The van der Waals surface area contributed by atoms with Crippen molar-refractivity contribution in [2.24, 2.45) is 0 Å². The molecule has 2 rings (SSSR count). The lowest BCUT2D eigenvalue weighted by atomic mass is 9.40. The Morgan fingerprint density at radius 2 is 1.45 bits per heavy atom. The topological polar surface area (TPSA) is 56.4 Å². The predicted octanol–water partition coefficient (Wildman–Crippen LogP) is 2.88. The molecule has 0 atom stereocenters. The van der Waals surface area contributed by atoms with E-state index in [2.05, 4.69) is 20.3 Å². The van der Waals surface area contributed by atoms with Crippen molar-refractivity contribution in [3.8, 4) is 0 Å². The quantitative estimate of drug-likeness (QED) is 0.446. The van der Waals surface area contributed by atoms with E-state index >= 15 is 0 Å². The summed E-state index contributed by atoms with van der Waals surface area (Å²) >= 11 is 5.36. The second-order valence-corrected chi connectivity index (χ2v) is 4.03. The van der Waals surface area contributed by atoms with E-state index in [0.717, 1.165) is 7.06 Å². The van der Waals surface area contributed by atoms with E-state index in [1.165, 1.54) is 24.3 Å². The summed E-state index contributed by atoms with van der Waals surface area (Å²) < 4.78 is 25.1. The van der Waals surface area contributed by atoms with Gasteiger partial charge in [0.15, 0.2) is 11.6 Å².